The Labute approximate surface area is 103 Å². The van der Waals surface area contributed by atoms with Crippen molar-refractivity contribution >= 4 is 17.4 Å². The Hall–Kier alpha value is -0.830. The second-order valence-corrected chi connectivity index (χ2v) is 4.38. The lowest BCUT2D eigenvalue weighted by Gasteiger charge is -2.08. The zero-order valence-corrected chi connectivity index (χ0v) is 11.1. The van der Waals surface area contributed by atoms with E-state index in [0.717, 1.165) is 24.4 Å². The van der Waals surface area contributed by atoms with Crippen molar-refractivity contribution in [2.45, 2.75) is 46.5 Å². The third kappa shape index (κ3) is 3.97. The van der Waals surface area contributed by atoms with Gasteiger partial charge in [0.25, 0.3) is 0 Å². The van der Waals surface area contributed by atoms with Crippen molar-refractivity contribution in [3.8, 4) is 0 Å². The van der Waals surface area contributed by atoms with Gasteiger partial charge in [-0.2, -0.15) is 0 Å². The number of halogens is 1. The minimum Gasteiger partial charge on any atom is -0.368 e. The number of unbranched alkanes of at least 4 members (excludes halogenated alkanes) is 3. The normalized spacial score (nSPS) is 10.5. The summed E-state index contributed by atoms with van der Waals surface area (Å²) in [7, 11) is 0. The van der Waals surface area contributed by atoms with Gasteiger partial charge in [0.1, 0.15) is 0 Å². The molecule has 1 N–H and O–H groups in total. The van der Waals surface area contributed by atoms with Crippen LogP contribution in [0.1, 0.15) is 44.0 Å². The lowest BCUT2D eigenvalue weighted by Crippen LogP contribution is -2.06. The molecule has 0 saturated carbocycles. The molecule has 90 valence electrons. The summed E-state index contributed by atoms with van der Waals surface area (Å²) in [5, 5.41) is 3.71. The van der Waals surface area contributed by atoms with Gasteiger partial charge in [-0.1, -0.05) is 37.8 Å². The number of rotatable bonds is 6. The van der Waals surface area contributed by atoms with Gasteiger partial charge in [0, 0.05) is 6.54 Å². The largest absolute Gasteiger partial charge is 0.368 e. The second kappa shape index (κ2) is 6.69. The van der Waals surface area contributed by atoms with Crippen LogP contribution in [0, 0.1) is 13.8 Å². The molecule has 1 aromatic rings. The van der Waals surface area contributed by atoms with E-state index in [1.807, 2.05) is 13.8 Å². The van der Waals surface area contributed by atoms with E-state index in [2.05, 4.69) is 22.2 Å². The van der Waals surface area contributed by atoms with Crippen molar-refractivity contribution < 1.29 is 0 Å². The Kier molecular flexibility index (Phi) is 5.53. The predicted molar refractivity (Wildman–Crippen MR) is 69.1 cm³/mol. The monoisotopic (exact) mass is 241 g/mol. The summed E-state index contributed by atoms with van der Waals surface area (Å²) >= 11 is 6.01. The third-order valence-corrected chi connectivity index (χ3v) is 2.85. The van der Waals surface area contributed by atoms with Crippen LogP contribution in [0.3, 0.4) is 0 Å². The molecular formula is C12H20ClN3. The van der Waals surface area contributed by atoms with Crippen LogP contribution in [-0.2, 0) is 0 Å². The van der Waals surface area contributed by atoms with Crippen molar-refractivity contribution in [3.05, 3.63) is 16.5 Å². The number of aryl methyl sites for hydroxylation is 2. The highest BCUT2D eigenvalue weighted by atomic mass is 35.5. The number of aromatic nitrogens is 2. The highest BCUT2D eigenvalue weighted by Crippen LogP contribution is 2.18. The van der Waals surface area contributed by atoms with Crippen LogP contribution in [0.25, 0.3) is 0 Å². The maximum Gasteiger partial charge on any atom is 0.171 e. The Morgan fingerprint density at radius 2 is 1.75 bits per heavy atom. The number of hydrogen-bond acceptors (Lipinski definition) is 3. The maximum absolute atomic E-state index is 6.01. The van der Waals surface area contributed by atoms with Crippen molar-refractivity contribution in [1.29, 1.82) is 0 Å². The SMILES string of the molecule is CCCCCCNc1nc(C)c(C)nc1Cl. The van der Waals surface area contributed by atoms with Gasteiger partial charge < -0.3 is 5.32 Å². The van der Waals surface area contributed by atoms with Crippen molar-refractivity contribution in [2.24, 2.45) is 0 Å². The van der Waals surface area contributed by atoms with E-state index in [1.54, 1.807) is 0 Å². The summed E-state index contributed by atoms with van der Waals surface area (Å²) in [6.45, 7) is 6.98. The van der Waals surface area contributed by atoms with Crippen LogP contribution in [0.2, 0.25) is 5.15 Å². The minimum absolute atomic E-state index is 0.471. The highest BCUT2D eigenvalue weighted by Gasteiger charge is 2.05. The molecule has 0 radical (unpaired) electrons. The van der Waals surface area contributed by atoms with Gasteiger partial charge in [-0.05, 0) is 20.3 Å². The molecule has 0 bridgehead atoms. The van der Waals surface area contributed by atoms with Gasteiger partial charge in [0.05, 0.1) is 11.4 Å². The quantitative estimate of drug-likeness (QED) is 0.771. The summed E-state index contributed by atoms with van der Waals surface area (Å²) in [4.78, 5) is 8.61. The van der Waals surface area contributed by atoms with Gasteiger partial charge >= 0.3 is 0 Å². The molecular weight excluding hydrogens is 222 g/mol. The van der Waals surface area contributed by atoms with Crippen LogP contribution in [0.4, 0.5) is 5.82 Å². The first-order valence-corrected chi connectivity index (χ1v) is 6.27. The summed E-state index contributed by atoms with van der Waals surface area (Å²) < 4.78 is 0. The van der Waals surface area contributed by atoms with Crippen molar-refractivity contribution in [1.82, 2.24) is 9.97 Å². The number of anilines is 1. The van der Waals surface area contributed by atoms with Crippen LogP contribution in [0.5, 0.6) is 0 Å². The summed E-state index contributed by atoms with van der Waals surface area (Å²) in [6, 6.07) is 0. The van der Waals surface area contributed by atoms with E-state index >= 15 is 0 Å². The fourth-order valence-corrected chi connectivity index (χ4v) is 1.68. The van der Waals surface area contributed by atoms with Crippen LogP contribution < -0.4 is 5.32 Å². The molecule has 0 atom stereocenters. The molecule has 4 heteroatoms. The average molecular weight is 242 g/mol. The first-order valence-electron chi connectivity index (χ1n) is 5.89. The minimum atomic E-state index is 0.471. The molecule has 0 aliphatic rings. The molecule has 0 spiro atoms. The smallest absolute Gasteiger partial charge is 0.171 e. The molecule has 1 rings (SSSR count). The molecule has 1 heterocycles. The van der Waals surface area contributed by atoms with E-state index in [1.165, 1.54) is 19.3 Å². The van der Waals surface area contributed by atoms with Crippen LogP contribution >= 0.6 is 11.6 Å². The number of nitrogens with one attached hydrogen (secondary N) is 1. The molecule has 1 aromatic heterocycles. The van der Waals surface area contributed by atoms with Gasteiger partial charge in [0.15, 0.2) is 11.0 Å². The molecule has 0 aliphatic heterocycles. The lowest BCUT2D eigenvalue weighted by molar-refractivity contribution is 0.684. The average Bonchev–Trinajstić information content (AvgIpc) is 2.25. The van der Waals surface area contributed by atoms with Gasteiger partial charge in [0.2, 0.25) is 0 Å². The zero-order chi connectivity index (χ0) is 12.0. The Morgan fingerprint density at radius 3 is 2.44 bits per heavy atom. The first kappa shape index (κ1) is 13.2. The van der Waals surface area contributed by atoms with Gasteiger partial charge in [-0.15, -0.1) is 0 Å². The Bertz CT molecular complexity index is 339. The van der Waals surface area contributed by atoms with E-state index in [-0.39, 0.29) is 0 Å². The molecule has 3 nitrogen and oxygen atoms in total. The number of hydrogen-bond donors (Lipinski definition) is 1. The third-order valence-electron chi connectivity index (χ3n) is 2.59. The molecule has 0 unspecified atom stereocenters. The standard InChI is InChI=1S/C12H20ClN3/c1-4-5-6-7-8-14-12-11(13)15-9(2)10(3)16-12/h4-8H2,1-3H3,(H,14,16). The predicted octanol–water partition coefficient (Wildman–Crippen LogP) is 3.74. The first-order chi connectivity index (χ1) is 7.65. The fraction of sp³-hybridized carbons (Fsp3) is 0.667. The Balaban J connectivity index is 2.45. The van der Waals surface area contributed by atoms with E-state index in [4.69, 9.17) is 11.6 Å². The zero-order valence-electron chi connectivity index (χ0n) is 10.3. The topological polar surface area (TPSA) is 37.8 Å². The van der Waals surface area contributed by atoms with Crippen molar-refractivity contribution in [3.63, 3.8) is 0 Å². The second-order valence-electron chi connectivity index (χ2n) is 4.02. The van der Waals surface area contributed by atoms with Crippen LogP contribution in [-0.4, -0.2) is 16.5 Å². The molecule has 0 fully saturated rings. The Morgan fingerprint density at radius 1 is 1.06 bits per heavy atom. The summed E-state index contributed by atoms with van der Waals surface area (Å²) in [5.74, 6) is 0.710. The molecule has 0 aliphatic carbocycles. The maximum atomic E-state index is 6.01. The molecule has 0 saturated heterocycles. The van der Waals surface area contributed by atoms with Crippen molar-refractivity contribution in [2.75, 3.05) is 11.9 Å². The van der Waals surface area contributed by atoms with E-state index in [0.29, 0.717) is 11.0 Å². The molecule has 16 heavy (non-hydrogen) atoms. The lowest BCUT2D eigenvalue weighted by atomic mass is 10.2. The van der Waals surface area contributed by atoms with Crippen LogP contribution in [0.15, 0.2) is 0 Å². The molecule has 0 aromatic carbocycles. The molecule has 0 amide bonds. The van der Waals surface area contributed by atoms with Gasteiger partial charge in [-0.3, -0.25) is 0 Å². The van der Waals surface area contributed by atoms with Gasteiger partial charge in [-0.25, -0.2) is 9.97 Å². The number of nitrogens with zero attached hydrogens (tertiary/aromatic N) is 2. The summed E-state index contributed by atoms with van der Waals surface area (Å²) in [6.07, 6.45) is 4.94. The fourth-order valence-electron chi connectivity index (χ4n) is 1.45. The van der Waals surface area contributed by atoms with E-state index in [9.17, 15) is 0 Å². The highest BCUT2D eigenvalue weighted by molar-refractivity contribution is 6.31. The summed E-state index contributed by atoms with van der Waals surface area (Å²) in [5.41, 5.74) is 1.82. The van der Waals surface area contributed by atoms with E-state index < -0.39 is 0 Å².